The molecule has 0 radical (unpaired) electrons. The third-order valence-electron chi connectivity index (χ3n) is 6.39. The molecule has 5 rings (SSSR count). The Morgan fingerprint density at radius 1 is 1.25 bits per heavy atom. The molecule has 166 valence electrons. The van der Waals surface area contributed by atoms with Crippen LogP contribution in [0.4, 0.5) is 15.8 Å². The number of aromatic nitrogens is 3. The molecule has 1 unspecified atom stereocenters. The third kappa shape index (κ3) is 3.56. The lowest BCUT2D eigenvalue weighted by Crippen LogP contribution is -2.38. The van der Waals surface area contributed by atoms with Crippen molar-refractivity contribution >= 4 is 33.3 Å². The largest absolute Gasteiger partial charge is 0.384 e. The zero-order chi connectivity index (χ0) is 22.2. The molecule has 0 amide bonds. The second-order valence-corrected chi connectivity index (χ2v) is 8.72. The Balaban J connectivity index is 1.83. The number of aryl methyl sites for hydroxylation is 1. The Kier molecular flexibility index (Phi) is 5.43. The molecule has 0 saturated carbocycles. The zero-order valence-electron chi connectivity index (χ0n) is 18.6. The molecule has 4 heterocycles. The van der Waals surface area contributed by atoms with Gasteiger partial charge in [0.1, 0.15) is 11.5 Å². The highest BCUT2D eigenvalue weighted by Gasteiger charge is 2.26. The van der Waals surface area contributed by atoms with Gasteiger partial charge < -0.3 is 20.9 Å². The van der Waals surface area contributed by atoms with Crippen LogP contribution in [0.1, 0.15) is 25.3 Å². The lowest BCUT2D eigenvalue weighted by atomic mass is 9.95. The highest BCUT2D eigenvalue weighted by atomic mass is 19.1. The van der Waals surface area contributed by atoms with Crippen LogP contribution in [-0.4, -0.2) is 41.1 Å². The molecule has 0 aliphatic carbocycles. The van der Waals surface area contributed by atoms with Gasteiger partial charge in [-0.3, -0.25) is 4.98 Å². The van der Waals surface area contributed by atoms with E-state index in [-0.39, 0.29) is 5.82 Å². The number of piperidine rings is 1. The minimum Gasteiger partial charge on any atom is -0.384 e. The molecular formula is C25H29FN6. The van der Waals surface area contributed by atoms with Crippen LogP contribution in [0.5, 0.6) is 0 Å². The average Bonchev–Trinajstić information content (AvgIpc) is 3.17. The first-order valence-electron chi connectivity index (χ1n) is 11.3. The van der Waals surface area contributed by atoms with E-state index in [1.54, 1.807) is 6.07 Å². The van der Waals surface area contributed by atoms with Crippen LogP contribution in [0.2, 0.25) is 0 Å². The van der Waals surface area contributed by atoms with Crippen LogP contribution in [0, 0.1) is 18.7 Å². The molecule has 0 spiro atoms. The van der Waals surface area contributed by atoms with E-state index < -0.39 is 0 Å². The van der Waals surface area contributed by atoms with Crippen molar-refractivity contribution in [2.75, 3.05) is 36.4 Å². The number of nitrogens with zero attached hydrogens (tertiary/aromatic N) is 3. The number of nitrogens with two attached hydrogens (primary N) is 1. The first-order chi connectivity index (χ1) is 15.6. The van der Waals surface area contributed by atoms with Crippen LogP contribution in [-0.2, 0) is 0 Å². The van der Waals surface area contributed by atoms with Gasteiger partial charge in [-0.25, -0.2) is 9.37 Å². The van der Waals surface area contributed by atoms with Gasteiger partial charge >= 0.3 is 0 Å². The van der Waals surface area contributed by atoms with Gasteiger partial charge in [0, 0.05) is 54.7 Å². The normalized spacial score (nSPS) is 16.8. The van der Waals surface area contributed by atoms with E-state index in [1.165, 1.54) is 6.07 Å². The Morgan fingerprint density at radius 2 is 2.12 bits per heavy atom. The number of halogens is 1. The summed E-state index contributed by atoms with van der Waals surface area (Å²) in [6.45, 7) is 7.23. The summed E-state index contributed by atoms with van der Waals surface area (Å²) in [5.74, 6) is 0.177. The van der Waals surface area contributed by atoms with Crippen LogP contribution in [0.15, 0.2) is 36.8 Å². The van der Waals surface area contributed by atoms with Crippen molar-refractivity contribution < 1.29 is 4.39 Å². The minimum atomic E-state index is -0.263. The summed E-state index contributed by atoms with van der Waals surface area (Å²) in [5.41, 5.74) is 12.7. The number of anilines is 2. The Hall–Kier alpha value is -3.19. The van der Waals surface area contributed by atoms with Crippen molar-refractivity contribution in [3.63, 3.8) is 0 Å². The summed E-state index contributed by atoms with van der Waals surface area (Å²) < 4.78 is 14.7. The standard InChI is InChI=1S/C25H29FN6/c1-3-29-21-9-18(26)8-19-22-24(32-6-4-5-16(10-27)14-32)20(13-30-25(22)31-23(19)21)17-7-15(2)11-28-12-17/h7-9,11-13,16,29H,3-6,10,14,27H2,1-2H3,(H,30,31). The lowest BCUT2D eigenvalue weighted by Gasteiger charge is -2.35. The number of aromatic amines is 1. The maximum atomic E-state index is 14.7. The van der Waals surface area contributed by atoms with Gasteiger partial charge in [0.25, 0.3) is 0 Å². The maximum absolute atomic E-state index is 14.7. The quantitative estimate of drug-likeness (QED) is 0.421. The molecule has 1 aliphatic rings. The summed E-state index contributed by atoms with van der Waals surface area (Å²) >= 11 is 0. The summed E-state index contributed by atoms with van der Waals surface area (Å²) in [6.07, 6.45) is 7.86. The molecule has 7 heteroatoms. The molecule has 4 N–H and O–H groups in total. The van der Waals surface area contributed by atoms with Gasteiger partial charge in [-0.2, -0.15) is 0 Å². The van der Waals surface area contributed by atoms with Crippen LogP contribution in [0.25, 0.3) is 33.1 Å². The van der Waals surface area contributed by atoms with Crippen LogP contribution < -0.4 is 16.0 Å². The minimum absolute atomic E-state index is 0.263. The SMILES string of the molecule is CCNc1cc(F)cc2c1[nH]c1ncc(-c3cncc(C)c3)c(N3CCCC(CN)C3)c12. The van der Waals surface area contributed by atoms with Crippen LogP contribution in [0.3, 0.4) is 0 Å². The van der Waals surface area contributed by atoms with Gasteiger partial charge in [-0.15, -0.1) is 0 Å². The van der Waals surface area contributed by atoms with Gasteiger partial charge in [0.05, 0.1) is 22.3 Å². The maximum Gasteiger partial charge on any atom is 0.140 e. The average molecular weight is 433 g/mol. The smallest absolute Gasteiger partial charge is 0.140 e. The summed E-state index contributed by atoms with van der Waals surface area (Å²) in [5, 5.41) is 5.08. The van der Waals surface area contributed by atoms with Crippen molar-refractivity contribution in [3.8, 4) is 11.1 Å². The van der Waals surface area contributed by atoms with E-state index in [2.05, 4.69) is 26.3 Å². The summed E-state index contributed by atoms with van der Waals surface area (Å²) in [6, 6.07) is 5.28. The third-order valence-corrected chi connectivity index (χ3v) is 6.39. The second-order valence-electron chi connectivity index (χ2n) is 8.72. The number of rotatable bonds is 5. The molecule has 32 heavy (non-hydrogen) atoms. The number of benzene rings is 1. The molecular weight excluding hydrogens is 403 g/mol. The van der Waals surface area contributed by atoms with E-state index in [0.717, 1.165) is 75.9 Å². The monoisotopic (exact) mass is 432 g/mol. The van der Waals surface area contributed by atoms with Crippen molar-refractivity contribution in [2.24, 2.45) is 11.7 Å². The molecule has 3 aromatic heterocycles. The highest BCUT2D eigenvalue weighted by Crippen LogP contribution is 2.43. The van der Waals surface area contributed by atoms with Crippen molar-refractivity contribution in [1.29, 1.82) is 0 Å². The first-order valence-corrected chi connectivity index (χ1v) is 11.3. The molecule has 1 saturated heterocycles. The zero-order valence-corrected chi connectivity index (χ0v) is 18.6. The van der Waals surface area contributed by atoms with Gasteiger partial charge in [-0.05, 0) is 62.9 Å². The molecule has 0 bridgehead atoms. The van der Waals surface area contributed by atoms with Gasteiger partial charge in [0.15, 0.2) is 0 Å². The molecule has 6 nitrogen and oxygen atoms in total. The van der Waals surface area contributed by atoms with E-state index in [0.29, 0.717) is 19.0 Å². The number of pyridine rings is 2. The predicted octanol–water partition coefficient (Wildman–Crippen LogP) is 4.83. The number of H-pyrrole nitrogens is 1. The van der Waals surface area contributed by atoms with Gasteiger partial charge in [0.2, 0.25) is 0 Å². The van der Waals surface area contributed by atoms with E-state index in [1.807, 2.05) is 32.4 Å². The fourth-order valence-electron chi connectivity index (χ4n) is 4.94. The number of fused-ring (bicyclic) bond motifs is 3. The topological polar surface area (TPSA) is 82.9 Å². The molecule has 4 aromatic rings. The fourth-order valence-corrected chi connectivity index (χ4v) is 4.94. The fraction of sp³-hybridized carbons (Fsp3) is 0.360. The van der Waals surface area contributed by atoms with E-state index in [9.17, 15) is 4.39 Å². The van der Waals surface area contributed by atoms with Crippen molar-refractivity contribution in [1.82, 2.24) is 15.0 Å². The lowest BCUT2D eigenvalue weighted by molar-refractivity contribution is 0.424. The summed E-state index contributed by atoms with van der Waals surface area (Å²) in [4.78, 5) is 15.0. The van der Waals surface area contributed by atoms with Crippen molar-refractivity contribution in [3.05, 3.63) is 48.2 Å². The highest BCUT2D eigenvalue weighted by molar-refractivity contribution is 6.17. The Labute approximate surface area is 187 Å². The molecule has 1 fully saturated rings. The first kappa shape index (κ1) is 20.7. The number of hydrogen-bond donors (Lipinski definition) is 3. The van der Waals surface area contributed by atoms with Crippen molar-refractivity contribution in [2.45, 2.75) is 26.7 Å². The molecule has 1 aromatic carbocycles. The Bertz CT molecular complexity index is 1280. The van der Waals surface area contributed by atoms with Crippen LogP contribution >= 0.6 is 0 Å². The second kappa shape index (κ2) is 8.39. The van der Waals surface area contributed by atoms with Gasteiger partial charge in [-0.1, -0.05) is 0 Å². The molecule has 1 aliphatic heterocycles. The molecule has 1 atom stereocenters. The Morgan fingerprint density at radius 3 is 2.91 bits per heavy atom. The predicted molar refractivity (Wildman–Crippen MR) is 130 cm³/mol. The van der Waals surface area contributed by atoms with E-state index >= 15 is 0 Å². The summed E-state index contributed by atoms with van der Waals surface area (Å²) in [7, 11) is 0. The number of nitrogens with one attached hydrogen (secondary N) is 2. The van der Waals surface area contributed by atoms with E-state index in [4.69, 9.17) is 10.7 Å². The number of hydrogen-bond acceptors (Lipinski definition) is 5.